The summed E-state index contributed by atoms with van der Waals surface area (Å²) in [5.74, 6) is 0.442. The molecular formula is C13H23NO3. The van der Waals surface area contributed by atoms with Crippen molar-refractivity contribution in [3.05, 3.63) is 0 Å². The fourth-order valence-electron chi connectivity index (χ4n) is 2.44. The lowest BCUT2D eigenvalue weighted by Gasteiger charge is -2.23. The lowest BCUT2D eigenvalue weighted by Crippen LogP contribution is -2.38. The van der Waals surface area contributed by atoms with Crippen LogP contribution in [0.1, 0.15) is 38.5 Å². The van der Waals surface area contributed by atoms with Crippen LogP contribution in [0.3, 0.4) is 0 Å². The van der Waals surface area contributed by atoms with Crippen molar-refractivity contribution in [1.82, 2.24) is 5.32 Å². The van der Waals surface area contributed by atoms with E-state index in [-0.39, 0.29) is 12.0 Å². The van der Waals surface area contributed by atoms with Crippen LogP contribution in [0, 0.1) is 5.92 Å². The largest absolute Gasteiger partial charge is 0.464 e. The van der Waals surface area contributed by atoms with Crippen LogP contribution in [0.15, 0.2) is 0 Å². The standard InChI is InChI=1S/C13H23NO3/c15-13(12-4-2-1-3-7-14-12)17-10-11-5-8-16-9-6-11/h11-12,14H,1-10H2. The van der Waals surface area contributed by atoms with Gasteiger partial charge in [-0.25, -0.2) is 0 Å². The Kier molecular flexibility index (Phi) is 5.26. The Labute approximate surface area is 103 Å². The molecule has 2 aliphatic heterocycles. The first-order valence-electron chi connectivity index (χ1n) is 6.84. The molecule has 1 unspecified atom stereocenters. The fraction of sp³-hybridized carbons (Fsp3) is 0.923. The minimum atomic E-state index is -0.0719. The molecule has 2 aliphatic rings. The summed E-state index contributed by atoms with van der Waals surface area (Å²) in [4.78, 5) is 11.9. The first-order chi connectivity index (χ1) is 8.36. The molecule has 0 saturated carbocycles. The highest BCUT2D eigenvalue weighted by atomic mass is 16.5. The Bertz CT molecular complexity index is 231. The molecule has 0 aliphatic carbocycles. The lowest BCUT2D eigenvalue weighted by atomic mass is 10.0. The van der Waals surface area contributed by atoms with Crippen LogP contribution in [0.2, 0.25) is 0 Å². The van der Waals surface area contributed by atoms with Crippen molar-refractivity contribution in [1.29, 1.82) is 0 Å². The van der Waals surface area contributed by atoms with Gasteiger partial charge in [-0.05, 0) is 38.1 Å². The molecule has 2 rings (SSSR count). The molecule has 0 aromatic heterocycles. The summed E-state index contributed by atoms with van der Waals surface area (Å²) in [5.41, 5.74) is 0. The van der Waals surface area contributed by atoms with E-state index in [0.717, 1.165) is 45.4 Å². The Morgan fingerprint density at radius 2 is 2.00 bits per heavy atom. The molecule has 98 valence electrons. The summed E-state index contributed by atoms with van der Waals surface area (Å²) in [7, 11) is 0. The molecule has 1 N–H and O–H groups in total. The van der Waals surface area contributed by atoms with Crippen LogP contribution >= 0.6 is 0 Å². The van der Waals surface area contributed by atoms with Crippen LogP contribution < -0.4 is 5.32 Å². The third-order valence-corrected chi connectivity index (χ3v) is 3.65. The monoisotopic (exact) mass is 241 g/mol. The van der Waals surface area contributed by atoms with Gasteiger partial charge in [-0.15, -0.1) is 0 Å². The van der Waals surface area contributed by atoms with Crippen molar-refractivity contribution in [2.24, 2.45) is 5.92 Å². The zero-order valence-corrected chi connectivity index (χ0v) is 10.5. The van der Waals surface area contributed by atoms with Gasteiger partial charge in [0.1, 0.15) is 6.04 Å². The molecule has 4 heteroatoms. The molecule has 0 aromatic carbocycles. The number of ether oxygens (including phenoxy) is 2. The van der Waals surface area contributed by atoms with Crippen LogP contribution in [0.4, 0.5) is 0 Å². The van der Waals surface area contributed by atoms with E-state index in [9.17, 15) is 4.79 Å². The molecule has 0 radical (unpaired) electrons. The molecular weight excluding hydrogens is 218 g/mol. The zero-order chi connectivity index (χ0) is 11.9. The van der Waals surface area contributed by atoms with Gasteiger partial charge in [0, 0.05) is 13.2 Å². The number of hydrogen-bond donors (Lipinski definition) is 1. The summed E-state index contributed by atoms with van der Waals surface area (Å²) < 4.78 is 10.7. The number of nitrogens with one attached hydrogen (secondary N) is 1. The van der Waals surface area contributed by atoms with E-state index >= 15 is 0 Å². The molecule has 0 amide bonds. The maximum absolute atomic E-state index is 11.9. The zero-order valence-electron chi connectivity index (χ0n) is 10.5. The van der Waals surface area contributed by atoms with Crippen molar-refractivity contribution in [3.8, 4) is 0 Å². The summed E-state index contributed by atoms with van der Waals surface area (Å²) >= 11 is 0. The van der Waals surface area contributed by atoms with Crippen molar-refractivity contribution in [3.63, 3.8) is 0 Å². The van der Waals surface area contributed by atoms with E-state index in [0.29, 0.717) is 12.5 Å². The summed E-state index contributed by atoms with van der Waals surface area (Å²) in [6.07, 6.45) is 6.48. The van der Waals surface area contributed by atoms with Crippen LogP contribution in [-0.4, -0.2) is 38.4 Å². The second-order valence-electron chi connectivity index (χ2n) is 5.04. The first kappa shape index (κ1) is 12.8. The predicted octanol–water partition coefficient (Wildman–Crippen LogP) is 1.49. The van der Waals surface area contributed by atoms with Gasteiger partial charge in [0.15, 0.2) is 0 Å². The number of esters is 1. The molecule has 4 nitrogen and oxygen atoms in total. The topological polar surface area (TPSA) is 47.6 Å². The SMILES string of the molecule is O=C(OCC1CCOCC1)C1CCCCCN1. The smallest absolute Gasteiger partial charge is 0.323 e. The summed E-state index contributed by atoms with van der Waals surface area (Å²) in [6.45, 7) is 3.13. The van der Waals surface area contributed by atoms with Crippen molar-refractivity contribution in [2.45, 2.75) is 44.6 Å². The predicted molar refractivity (Wildman–Crippen MR) is 64.8 cm³/mol. The number of carbonyl (C=O) groups excluding carboxylic acids is 1. The van der Waals surface area contributed by atoms with Gasteiger partial charge in [-0.1, -0.05) is 12.8 Å². The van der Waals surface area contributed by atoms with Gasteiger partial charge in [-0.2, -0.15) is 0 Å². The van der Waals surface area contributed by atoms with Gasteiger partial charge in [0.2, 0.25) is 0 Å². The highest BCUT2D eigenvalue weighted by Crippen LogP contribution is 2.16. The molecule has 0 bridgehead atoms. The van der Waals surface area contributed by atoms with Crippen LogP contribution in [-0.2, 0) is 14.3 Å². The van der Waals surface area contributed by atoms with Gasteiger partial charge >= 0.3 is 5.97 Å². The minimum Gasteiger partial charge on any atom is -0.464 e. The highest BCUT2D eigenvalue weighted by Gasteiger charge is 2.22. The molecule has 1 atom stereocenters. The van der Waals surface area contributed by atoms with E-state index < -0.39 is 0 Å². The first-order valence-corrected chi connectivity index (χ1v) is 6.84. The molecule has 0 spiro atoms. The highest BCUT2D eigenvalue weighted by molar-refractivity contribution is 5.75. The number of hydrogen-bond acceptors (Lipinski definition) is 4. The van der Waals surface area contributed by atoms with E-state index in [2.05, 4.69) is 5.32 Å². The average Bonchev–Trinajstić information content (AvgIpc) is 2.66. The molecule has 17 heavy (non-hydrogen) atoms. The van der Waals surface area contributed by atoms with Crippen molar-refractivity contribution in [2.75, 3.05) is 26.4 Å². The Morgan fingerprint density at radius 3 is 2.82 bits per heavy atom. The quantitative estimate of drug-likeness (QED) is 0.760. The fourth-order valence-corrected chi connectivity index (χ4v) is 2.44. The van der Waals surface area contributed by atoms with Crippen molar-refractivity contribution < 1.29 is 14.3 Å². The second kappa shape index (κ2) is 6.97. The Morgan fingerprint density at radius 1 is 1.18 bits per heavy atom. The normalized spacial score (nSPS) is 27.4. The number of carbonyl (C=O) groups is 1. The van der Waals surface area contributed by atoms with Gasteiger partial charge < -0.3 is 14.8 Å². The number of rotatable bonds is 3. The van der Waals surface area contributed by atoms with Crippen LogP contribution in [0.5, 0.6) is 0 Å². The molecule has 2 fully saturated rings. The molecule has 2 saturated heterocycles. The van der Waals surface area contributed by atoms with E-state index in [1.807, 2.05) is 0 Å². The maximum Gasteiger partial charge on any atom is 0.323 e. The second-order valence-corrected chi connectivity index (χ2v) is 5.04. The lowest BCUT2D eigenvalue weighted by molar-refractivity contribution is -0.148. The third kappa shape index (κ3) is 4.28. The van der Waals surface area contributed by atoms with Crippen molar-refractivity contribution >= 4 is 5.97 Å². The van der Waals surface area contributed by atoms with E-state index in [1.165, 1.54) is 12.8 Å². The summed E-state index contributed by atoms with van der Waals surface area (Å²) in [5, 5.41) is 3.27. The van der Waals surface area contributed by atoms with Crippen LogP contribution in [0.25, 0.3) is 0 Å². The average molecular weight is 241 g/mol. The van der Waals surface area contributed by atoms with E-state index in [4.69, 9.17) is 9.47 Å². The van der Waals surface area contributed by atoms with E-state index in [1.54, 1.807) is 0 Å². The minimum absolute atomic E-state index is 0.0570. The Balaban J connectivity index is 1.68. The molecule has 2 heterocycles. The third-order valence-electron chi connectivity index (χ3n) is 3.65. The van der Waals surface area contributed by atoms with Gasteiger partial charge in [-0.3, -0.25) is 4.79 Å². The maximum atomic E-state index is 11.9. The molecule has 0 aromatic rings. The Hall–Kier alpha value is -0.610. The van der Waals surface area contributed by atoms with Gasteiger partial charge in [0.05, 0.1) is 6.61 Å². The van der Waals surface area contributed by atoms with Gasteiger partial charge in [0.25, 0.3) is 0 Å². The summed E-state index contributed by atoms with van der Waals surface area (Å²) in [6, 6.07) is -0.0719.